The number of rotatable bonds is 12. The first kappa shape index (κ1) is 70.6. The lowest BCUT2D eigenvalue weighted by Crippen LogP contribution is -2.17. The van der Waals surface area contributed by atoms with Crippen LogP contribution in [0.4, 0.5) is 0 Å². The molecule has 96 heavy (non-hydrogen) atoms. The fourth-order valence-corrected chi connectivity index (χ4v) is 13.5. The van der Waals surface area contributed by atoms with Crippen molar-refractivity contribution < 1.29 is 28.4 Å². The molecule has 12 bridgehead atoms. The summed E-state index contributed by atoms with van der Waals surface area (Å²) >= 11 is 0. The van der Waals surface area contributed by atoms with Gasteiger partial charge in [-0.3, -0.25) is 0 Å². The average Bonchev–Trinajstić information content (AvgIpc) is 0.774. The fraction of sp³-hybridized carbons (Fsp3) is 0.400. The first-order valence-electron chi connectivity index (χ1n) is 34.8. The molecular formula is C90H108O6. The zero-order chi connectivity index (χ0) is 69.3. The van der Waals surface area contributed by atoms with E-state index in [-0.39, 0.29) is 32.5 Å². The van der Waals surface area contributed by atoms with E-state index in [4.69, 9.17) is 28.4 Å². The van der Waals surface area contributed by atoms with Gasteiger partial charge in [0.15, 0.2) is 0 Å². The van der Waals surface area contributed by atoms with E-state index < -0.39 is 0 Å². The lowest BCUT2D eigenvalue weighted by Gasteiger charge is -2.29. The van der Waals surface area contributed by atoms with Crippen molar-refractivity contribution in [3.05, 3.63) is 281 Å². The Kier molecular flexibility index (Phi) is 20.6. The van der Waals surface area contributed by atoms with Crippen LogP contribution >= 0.6 is 0 Å². The van der Waals surface area contributed by atoms with Crippen LogP contribution in [0.5, 0.6) is 34.5 Å². The van der Waals surface area contributed by atoms with Gasteiger partial charge in [0, 0.05) is 38.5 Å². The molecule has 0 N–H and O–H groups in total. The van der Waals surface area contributed by atoms with Crippen molar-refractivity contribution in [2.24, 2.45) is 0 Å². The molecule has 10 rings (SSSR count). The zero-order valence-electron chi connectivity index (χ0n) is 61.9. The molecule has 1 aliphatic rings. The van der Waals surface area contributed by atoms with E-state index in [1.54, 1.807) is 0 Å². The standard InChI is InChI=1S/C90H108O6/c1-85(2,3)73-43-61-37-67-49-76(88(10,11)12)51-69(82(67)94-55-58-31-25-22-26-32-58)39-63-45-74(86(4,5)6)47-65(80(63)92-20)41-71-53-78(90(16,17)18)54-72(84(71)96-57-60-35-29-24-30-36-60)42-66-48-75(87(7,8)9)46-64(81(66)93-21)40-70-52-77(89(13,14)15)50-68(38-62(44-73)79(61)91-19)83(70)95-56-59-33-27-23-28-34-59/h22-36,43-54H,37-42,55-57H2,1-21H3. The molecule has 9 aromatic carbocycles. The average molecular weight is 1290 g/mol. The summed E-state index contributed by atoms with van der Waals surface area (Å²) in [7, 11) is 5.54. The van der Waals surface area contributed by atoms with Crippen molar-refractivity contribution in [2.75, 3.05) is 21.3 Å². The fourth-order valence-electron chi connectivity index (χ4n) is 13.5. The Bertz CT molecular complexity index is 3630. The smallest absolute Gasteiger partial charge is 0.126 e. The molecule has 0 atom stereocenters. The summed E-state index contributed by atoms with van der Waals surface area (Å²) < 4.78 is 42.8. The van der Waals surface area contributed by atoms with Crippen LogP contribution in [0.1, 0.15) is 241 Å². The van der Waals surface area contributed by atoms with Crippen LogP contribution in [0.3, 0.4) is 0 Å². The van der Waals surface area contributed by atoms with Crippen molar-refractivity contribution in [1.82, 2.24) is 0 Å². The van der Waals surface area contributed by atoms with Gasteiger partial charge in [-0.2, -0.15) is 0 Å². The number of hydrogen-bond acceptors (Lipinski definition) is 6. The highest BCUT2D eigenvalue weighted by Gasteiger charge is 2.32. The van der Waals surface area contributed by atoms with Crippen molar-refractivity contribution in [3.63, 3.8) is 0 Å². The van der Waals surface area contributed by atoms with Gasteiger partial charge >= 0.3 is 0 Å². The van der Waals surface area contributed by atoms with Crippen LogP contribution in [-0.4, -0.2) is 21.3 Å². The maximum Gasteiger partial charge on any atom is 0.126 e. The third-order valence-electron chi connectivity index (χ3n) is 19.2. The monoisotopic (exact) mass is 1280 g/mol. The van der Waals surface area contributed by atoms with E-state index in [0.29, 0.717) is 58.3 Å². The second-order valence-corrected chi connectivity index (χ2v) is 33.2. The number of ether oxygens (including phenoxy) is 6. The molecule has 0 saturated carbocycles. The molecule has 0 fully saturated rings. The summed E-state index contributed by atoms with van der Waals surface area (Å²) in [5.41, 5.74) is 22.6. The minimum Gasteiger partial charge on any atom is -0.496 e. The minimum atomic E-state index is -0.217. The number of hydrogen-bond donors (Lipinski definition) is 0. The normalized spacial score (nSPS) is 13.3. The molecule has 0 amide bonds. The SMILES string of the molecule is COc1c2cc(C(C)(C)C)cc1Cc1cc(C(C)(C)C)cc(c1OCc1ccccc1)Cc1cc(C(C)(C)C)cc(c1OC)Cc1cc(C(C)(C)C)cc(c1OCc1ccccc1)Cc1cc(C(C)(C)C)cc(c1OC)Cc1cc(C(C)(C)C)cc(c1OCc1ccccc1)C2. The Morgan fingerprint density at radius 1 is 0.219 bits per heavy atom. The molecule has 0 radical (unpaired) electrons. The second-order valence-electron chi connectivity index (χ2n) is 33.2. The van der Waals surface area contributed by atoms with Gasteiger partial charge < -0.3 is 28.4 Å². The quantitative estimate of drug-likeness (QED) is 0.121. The van der Waals surface area contributed by atoms with Gasteiger partial charge in [-0.25, -0.2) is 0 Å². The van der Waals surface area contributed by atoms with E-state index in [2.05, 4.69) is 288 Å². The highest BCUT2D eigenvalue weighted by molar-refractivity contribution is 5.62. The third-order valence-corrected chi connectivity index (χ3v) is 19.2. The second kappa shape index (κ2) is 28.1. The van der Waals surface area contributed by atoms with Crippen LogP contribution in [0, 0.1) is 0 Å². The van der Waals surface area contributed by atoms with Crippen molar-refractivity contribution in [2.45, 2.75) is 215 Å². The molecule has 9 aromatic rings. The Hall–Kier alpha value is -8.22. The minimum absolute atomic E-state index is 0.212. The number of benzene rings is 9. The number of fused-ring (bicyclic) bond motifs is 12. The Morgan fingerprint density at radius 3 is 0.500 bits per heavy atom. The number of methoxy groups -OCH3 is 3. The molecule has 6 nitrogen and oxygen atoms in total. The molecule has 6 heteroatoms. The largest absolute Gasteiger partial charge is 0.496 e. The van der Waals surface area contributed by atoms with E-state index in [1.807, 2.05) is 21.3 Å². The predicted molar refractivity (Wildman–Crippen MR) is 400 cm³/mol. The highest BCUT2D eigenvalue weighted by atomic mass is 16.5. The van der Waals surface area contributed by atoms with Gasteiger partial charge in [0.1, 0.15) is 54.3 Å². The first-order valence-corrected chi connectivity index (χ1v) is 34.8. The Morgan fingerprint density at radius 2 is 0.365 bits per heavy atom. The summed E-state index contributed by atoms with van der Waals surface area (Å²) in [6, 6.07) is 60.5. The summed E-state index contributed by atoms with van der Waals surface area (Å²) in [5, 5.41) is 0. The van der Waals surface area contributed by atoms with Crippen LogP contribution in [0.2, 0.25) is 0 Å². The van der Waals surface area contributed by atoms with E-state index >= 15 is 0 Å². The molecule has 0 aliphatic heterocycles. The van der Waals surface area contributed by atoms with Gasteiger partial charge in [0.25, 0.3) is 0 Å². The molecule has 504 valence electrons. The molecule has 0 unspecified atom stereocenters. The summed E-state index contributed by atoms with van der Waals surface area (Å²) in [5.74, 6) is 5.23. The summed E-state index contributed by atoms with van der Waals surface area (Å²) in [6.07, 6.45) is 3.34. The van der Waals surface area contributed by atoms with Crippen molar-refractivity contribution in [1.29, 1.82) is 0 Å². The van der Waals surface area contributed by atoms with E-state index in [9.17, 15) is 0 Å². The first-order chi connectivity index (χ1) is 45.2. The van der Waals surface area contributed by atoms with Gasteiger partial charge in [-0.1, -0.05) is 288 Å². The van der Waals surface area contributed by atoms with Crippen LogP contribution in [0.15, 0.2) is 164 Å². The van der Waals surface area contributed by atoms with Gasteiger partial charge in [-0.05, 0) is 149 Å². The molecule has 1 aliphatic carbocycles. The van der Waals surface area contributed by atoms with Gasteiger partial charge in [0.2, 0.25) is 0 Å². The maximum absolute atomic E-state index is 7.41. The Labute approximate surface area is 577 Å². The van der Waals surface area contributed by atoms with Gasteiger partial charge in [-0.15, -0.1) is 0 Å². The zero-order valence-corrected chi connectivity index (χ0v) is 61.9. The van der Waals surface area contributed by atoms with Crippen LogP contribution in [0.25, 0.3) is 0 Å². The molecule has 0 saturated heterocycles. The van der Waals surface area contributed by atoms with Crippen LogP contribution < -0.4 is 28.4 Å². The Balaban J connectivity index is 1.34. The molecular weight excluding hydrogens is 1180 g/mol. The maximum atomic E-state index is 7.41. The molecule has 0 heterocycles. The van der Waals surface area contributed by atoms with E-state index in [1.165, 1.54) is 33.4 Å². The van der Waals surface area contributed by atoms with Crippen molar-refractivity contribution in [3.8, 4) is 34.5 Å². The highest BCUT2D eigenvalue weighted by Crippen LogP contribution is 2.47. The van der Waals surface area contributed by atoms with Crippen LogP contribution in [-0.2, 0) is 90.8 Å². The molecule has 0 spiro atoms. The summed E-state index contributed by atoms with van der Waals surface area (Å²) in [4.78, 5) is 0. The van der Waals surface area contributed by atoms with Gasteiger partial charge in [0.05, 0.1) is 21.3 Å². The lowest BCUT2D eigenvalue weighted by molar-refractivity contribution is 0.299. The van der Waals surface area contributed by atoms with E-state index in [0.717, 1.165) is 118 Å². The molecule has 0 aromatic heterocycles. The third kappa shape index (κ3) is 16.6. The predicted octanol–water partition coefficient (Wildman–Crippen LogP) is 22.1. The summed E-state index contributed by atoms with van der Waals surface area (Å²) in [6.45, 7) is 43.0. The topological polar surface area (TPSA) is 55.4 Å². The lowest BCUT2D eigenvalue weighted by atomic mass is 9.79. The van der Waals surface area contributed by atoms with Crippen molar-refractivity contribution >= 4 is 0 Å².